The van der Waals surface area contributed by atoms with Crippen LogP contribution in [0.2, 0.25) is 0 Å². The number of nitrogens with zero attached hydrogens (tertiary/aromatic N) is 1. The quantitative estimate of drug-likeness (QED) is 0.136. The molecule has 192 valence electrons. The summed E-state index contributed by atoms with van der Waals surface area (Å²) in [5, 5.41) is 0. The maximum absolute atomic E-state index is 12.9. The SMILES string of the molecule is COCCOCOc1c([C@H](CC(=O)OC(C)(C)C)/N=C/c2ccccc2)cc(Br)cc1C(C)(C)C. The molecule has 1 atom stereocenters. The van der Waals surface area contributed by atoms with Crippen LogP contribution in [-0.4, -0.2) is 44.9 Å². The summed E-state index contributed by atoms with van der Waals surface area (Å²) in [6.07, 6.45) is 1.85. The molecule has 0 aliphatic heterocycles. The highest BCUT2D eigenvalue weighted by Gasteiger charge is 2.28. The zero-order chi connectivity index (χ0) is 26.1. The van der Waals surface area contributed by atoms with Crippen molar-refractivity contribution in [3.63, 3.8) is 0 Å². The zero-order valence-corrected chi connectivity index (χ0v) is 23.5. The molecular formula is C28H38BrNO5. The van der Waals surface area contributed by atoms with Crippen molar-refractivity contribution in [3.05, 3.63) is 63.6 Å². The van der Waals surface area contributed by atoms with E-state index in [2.05, 4.69) is 36.7 Å². The molecule has 2 rings (SSSR count). The van der Waals surface area contributed by atoms with E-state index in [0.29, 0.717) is 19.0 Å². The fraction of sp³-hybridized carbons (Fsp3) is 0.500. The highest BCUT2D eigenvalue weighted by atomic mass is 79.9. The van der Waals surface area contributed by atoms with Gasteiger partial charge in [-0.05, 0) is 43.9 Å². The first-order valence-electron chi connectivity index (χ1n) is 11.7. The number of methoxy groups -OCH3 is 1. The molecule has 0 fully saturated rings. The average Bonchev–Trinajstić information content (AvgIpc) is 2.75. The maximum Gasteiger partial charge on any atom is 0.308 e. The first kappa shape index (κ1) is 29.0. The van der Waals surface area contributed by atoms with E-state index in [1.165, 1.54) is 0 Å². The summed E-state index contributed by atoms with van der Waals surface area (Å²) in [5.74, 6) is 0.337. The number of ether oxygens (including phenoxy) is 4. The van der Waals surface area contributed by atoms with Gasteiger partial charge in [0.25, 0.3) is 0 Å². The molecule has 0 aliphatic rings. The van der Waals surface area contributed by atoms with Gasteiger partial charge in [-0.15, -0.1) is 0 Å². The third-order valence-corrected chi connectivity index (χ3v) is 5.41. The van der Waals surface area contributed by atoms with Crippen LogP contribution in [0, 0.1) is 0 Å². The molecule has 2 aromatic rings. The number of esters is 1. The summed E-state index contributed by atoms with van der Waals surface area (Å²) in [5.41, 5.74) is 1.91. The van der Waals surface area contributed by atoms with Gasteiger partial charge >= 0.3 is 5.97 Å². The van der Waals surface area contributed by atoms with Gasteiger partial charge in [0.1, 0.15) is 11.4 Å². The van der Waals surface area contributed by atoms with Gasteiger partial charge in [0, 0.05) is 28.9 Å². The van der Waals surface area contributed by atoms with E-state index < -0.39 is 11.6 Å². The summed E-state index contributed by atoms with van der Waals surface area (Å²) in [4.78, 5) is 17.7. The van der Waals surface area contributed by atoms with Gasteiger partial charge in [-0.1, -0.05) is 67.0 Å². The summed E-state index contributed by atoms with van der Waals surface area (Å²) >= 11 is 3.65. The number of hydrogen-bond donors (Lipinski definition) is 0. The minimum atomic E-state index is -0.590. The lowest BCUT2D eigenvalue weighted by molar-refractivity contribution is -0.155. The van der Waals surface area contributed by atoms with Gasteiger partial charge in [-0.3, -0.25) is 9.79 Å². The maximum atomic E-state index is 12.9. The van der Waals surface area contributed by atoms with E-state index in [1.807, 2.05) is 63.2 Å². The topological polar surface area (TPSA) is 66.4 Å². The normalized spacial score (nSPS) is 13.1. The lowest BCUT2D eigenvalue weighted by atomic mass is 9.84. The Hall–Kier alpha value is -2.22. The first-order chi connectivity index (χ1) is 16.4. The van der Waals surface area contributed by atoms with Gasteiger partial charge in [-0.2, -0.15) is 0 Å². The van der Waals surface area contributed by atoms with Crippen LogP contribution in [0.4, 0.5) is 0 Å². The molecule has 0 aromatic heterocycles. The Morgan fingerprint density at radius 3 is 2.34 bits per heavy atom. The first-order valence-corrected chi connectivity index (χ1v) is 12.5. The molecule has 0 heterocycles. The predicted molar refractivity (Wildman–Crippen MR) is 143 cm³/mol. The molecule has 0 radical (unpaired) electrons. The Morgan fingerprint density at radius 1 is 1.06 bits per heavy atom. The Morgan fingerprint density at radius 2 is 1.74 bits per heavy atom. The van der Waals surface area contributed by atoms with Crippen molar-refractivity contribution in [1.29, 1.82) is 0 Å². The second-order valence-corrected chi connectivity index (χ2v) is 11.2. The molecule has 2 aromatic carbocycles. The summed E-state index contributed by atoms with van der Waals surface area (Å²) in [7, 11) is 1.63. The summed E-state index contributed by atoms with van der Waals surface area (Å²) in [6.45, 7) is 12.9. The third-order valence-electron chi connectivity index (χ3n) is 4.95. The van der Waals surface area contributed by atoms with Gasteiger partial charge in [-0.25, -0.2) is 0 Å². The van der Waals surface area contributed by atoms with Crippen molar-refractivity contribution in [3.8, 4) is 5.75 Å². The highest BCUT2D eigenvalue weighted by Crippen LogP contribution is 2.41. The number of carbonyl (C=O) groups excluding carboxylic acids is 1. The lowest BCUT2D eigenvalue weighted by Gasteiger charge is -2.27. The van der Waals surface area contributed by atoms with Crippen molar-refractivity contribution in [2.24, 2.45) is 4.99 Å². The van der Waals surface area contributed by atoms with E-state index in [9.17, 15) is 4.79 Å². The van der Waals surface area contributed by atoms with Crippen molar-refractivity contribution in [1.82, 2.24) is 0 Å². The van der Waals surface area contributed by atoms with E-state index in [-0.39, 0.29) is 24.6 Å². The molecule has 0 aliphatic carbocycles. The monoisotopic (exact) mass is 547 g/mol. The number of aliphatic imine (C=N–C) groups is 1. The molecule has 7 heteroatoms. The summed E-state index contributed by atoms with van der Waals surface area (Å²) < 4.78 is 23.3. The molecular weight excluding hydrogens is 510 g/mol. The fourth-order valence-corrected chi connectivity index (χ4v) is 3.86. The van der Waals surface area contributed by atoms with Crippen LogP contribution >= 0.6 is 15.9 Å². The standard InChI is InChI=1S/C28H38BrNO5/c1-27(2,3)23-16-21(29)15-22(26(23)34-19-33-14-13-32-7)24(17-25(31)35-28(4,5)6)30-18-20-11-9-8-10-12-20/h8-12,15-16,18,24H,13-14,17,19H2,1-7H3/b30-18+/t24-/m0/s1. The van der Waals surface area contributed by atoms with Crippen LogP contribution in [-0.2, 0) is 24.4 Å². The second-order valence-electron chi connectivity index (χ2n) is 10.3. The molecule has 0 unspecified atom stereocenters. The number of carbonyl (C=O) groups is 1. The molecule has 6 nitrogen and oxygen atoms in total. The van der Waals surface area contributed by atoms with Crippen LogP contribution in [0.3, 0.4) is 0 Å². The van der Waals surface area contributed by atoms with Crippen LogP contribution in [0.15, 0.2) is 51.9 Å². The minimum absolute atomic E-state index is 0.0582. The molecule has 0 amide bonds. The van der Waals surface area contributed by atoms with Gasteiger partial charge in [0.2, 0.25) is 0 Å². The van der Waals surface area contributed by atoms with Crippen LogP contribution < -0.4 is 4.74 Å². The van der Waals surface area contributed by atoms with Gasteiger partial charge < -0.3 is 18.9 Å². The molecule has 0 saturated carbocycles. The molecule has 0 saturated heterocycles. The molecule has 0 N–H and O–H groups in total. The van der Waals surface area contributed by atoms with Crippen LogP contribution in [0.25, 0.3) is 0 Å². The van der Waals surface area contributed by atoms with E-state index in [1.54, 1.807) is 13.3 Å². The van der Waals surface area contributed by atoms with E-state index in [4.69, 9.17) is 23.9 Å². The number of halogens is 1. The summed E-state index contributed by atoms with van der Waals surface area (Å²) in [6, 6.07) is 13.3. The Bertz CT molecular complexity index is 977. The van der Waals surface area contributed by atoms with Crippen molar-refractivity contribution < 1.29 is 23.7 Å². The van der Waals surface area contributed by atoms with Crippen LogP contribution in [0.5, 0.6) is 5.75 Å². The largest absolute Gasteiger partial charge is 0.467 e. The van der Waals surface area contributed by atoms with Crippen molar-refractivity contribution >= 4 is 28.1 Å². The number of hydrogen-bond acceptors (Lipinski definition) is 6. The average molecular weight is 549 g/mol. The predicted octanol–water partition coefficient (Wildman–Crippen LogP) is 6.64. The van der Waals surface area contributed by atoms with Crippen molar-refractivity contribution in [2.45, 2.75) is 65.0 Å². The van der Waals surface area contributed by atoms with Gasteiger partial charge in [0.15, 0.2) is 6.79 Å². The molecule has 0 bridgehead atoms. The number of rotatable bonds is 11. The second kappa shape index (κ2) is 13.2. The smallest absolute Gasteiger partial charge is 0.308 e. The Kier molecular flexibility index (Phi) is 10.9. The Labute approximate surface area is 218 Å². The fourth-order valence-electron chi connectivity index (χ4n) is 3.38. The zero-order valence-electron chi connectivity index (χ0n) is 21.9. The minimum Gasteiger partial charge on any atom is -0.467 e. The highest BCUT2D eigenvalue weighted by molar-refractivity contribution is 9.10. The number of benzene rings is 2. The Balaban J connectivity index is 2.52. The van der Waals surface area contributed by atoms with Gasteiger partial charge in [0.05, 0.1) is 25.7 Å². The lowest BCUT2D eigenvalue weighted by Crippen LogP contribution is -2.25. The van der Waals surface area contributed by atoms with E-state index in [0.717, 1.165) is 21.2 Å². The van der Waals surface area contributed by atoms with Crippen LogP contribution in [0.1, 0.15) is 70.7 Å². The third kappa shape index (κ3) is 10.1. The molecule has 0 spiro atoms. The van der Waals surface area contributed by atoms with E-state index >= 15 is 0 Å². The van der Waals surface area contributed by atoms with Crippen molar-refractivity contribution in [2.75, 3.05) is 27.1 Å². The molecule has 35 heavy (non-hydrogen) atoms.